The van der Waals surface area contributed by atoms with Gasteiger partial charge in [-0.3, -0.25) is 4.90 Å². The molecule has 2 N–H and O–H groups in total. The van der Waals surface area contributed by atoms with Crippen LogP contribution in [0.4, 0.5) is 10.5 Å². The van der Waals surface area contributed by atoms with E-state index in [-0.39, 0.29) is 12.1 Å². The van der Waals surface area contributed by atoms with E-state index in [0.717, 1.165) is 19.0 Å². The lowest BCUT2D eigenvalue weighted by molar-refractivity contribution is 0.138. The van der Waals surface area contributed by atoms with Crippen LogP contribution < -0.4 is 10.6 Å². The molecule has 2 amide bonds. The maximum Gasteiger partial charge on any atom is 0.319 e. The van der Waals surface area contributed by atoms with Crippen molar-refractivity contribution in [2.45, 2.75) is 25.8 Å². The highest BCUT2D eigenvalue weighted by Crippen LogP contribution is 2.29. The first-order chi connectivity index (χ1) is 14.2. The predicted molar refractivity (Wildman–Crippen MR) is 115 cm³/mol. The molecule has 1 aliphatic heterocycles. The van der Waals surface area contributed by atoms with Gasteiger partial charge in [0.05, 0.1) is 11.7 Å². The molecule has 152 valence electrons. The van der Waals surface area contributed by atoms with Crippen LogP contribution in [0.2, 0.25) is 0 Å². The van der Waals surface area contributed by atoms with Crippen LogP contribution in [0, 0.1) is 5.92 Å². The number of anilines is 1. The number of likely N-dealkylation sites (tertiary alicyclic amines) is 1. The predicted octanol–water partition coefficient (Wildman–Crippen LogP) is 3.92. The summed E-state index contributed by atoms with van der Waals surface area (Å²) in [5, 5.41) is 12.3. The van der Waals surface area contributed by atoms with Gasteiger partial charge in [-0.1, -0.05) is 13.0 Å². The van der Waals surface area contributed by atoms with E-state index in [2.05, 4.69) is 50.1 Å². The summed E-state index contributed by atoms with van der Waals surface area (Å²) >= 11 is 1.75. The second-order valence-corrected chi connectivity index (χ2v) is 8.39. The van der Waals surface area contributed by atoms with E-state index in [1.54, 1.807) is 40.7 Å². The van der Waals surface area contributed by atoms with Gasteiger partial charge >= 0.3 is 6.03 Å². The molecule has 0 aromatic carbocycles. The van der Waals surface area contributed by atoms with Crippen LogP contribution in [0.25, 0.3) is 5.82 Å². The fourth-order valence-electron chi connectivity index (χ4n) is 3.66. The number of nitrogens with one attached hydrogen (secondary N) is 2. The zero-order chi connectivity index (χ0) is 20.1. The number of aromatic nitrogens is 3. The largest absolute Gasteiger partial charge is 0.336 e. The first-order valence-corrected chi connectivity index (χ1v) is 10.9. The maximum atomic E-state index is 12.6. The van der Waals surface area contributed by atoms with E-state index < -0.39 is 0 Å². The number of rotatable bonds is 6. The molecule has 1 fully saturated rings. The van der Waals surface area contributed by atoms with Crippen LogP contribution in [0.3, 0.4) is 0 Å². The number of piperidine rings is 1. The van der Waals surface area contributed by atoms with Gasteiger partial charge in [-0.15, -0.1) is 11.3 Å². The number of pyridine rings is 1. The Balaban J connectivity index is 1.41. The van der Waals surface area contributed by atoms with E-state index >= 15 is 0 Å². The number of hydrogen-bond acceptors (Lipinski definition) is 5. The van der Waals surface area contributed by atoms with Crippen molar-refractivity contribution in [3.63, 3.8) is 0 Å². The van der Waals surface area contributed by atoms with Crippen molar-refractivity contribution in [2.75, 3.05) is 25.0 Å². The summed E-state index contributed by atoms with van der Waals surface area (Å²) in [6, 6.07) is 9.64. The number of amides is 2. The molecular formula is C21H26N6OS. The standard InChI is InChI=1S/C21H26N6OS/c1-16-7-12-26(13-8-16)18(19-6-3-14-29-19)15-23-21(28)25-17-5-2-9-22-20(17)27-11-4-10-24-27/h2-6,9-11,14,16,18H,7-8,12-13,15H2,1H3,(H2,23,25,28)/t18-/m0/s1. The van der Waals surface area contributed by atoms with E-state index in [9.17, 15) is 4.79 Å². The van der Waals surface area contributed by atoms with Gasteiger partial charge in [0.2, 0.25) is 0 Å². The Labute approximate surface area is 174 Å². The lowest BCUT2D eigenvalue weighted by Crippen LogP contribution is -2.42. The average Bonchev–Trinajstić information content (AvgIpc) is 3.44. The minimum absolute atomic E-state index is 0.202. The smallest absolute Gasteiger partial charge is 0.319 e. The zero-order valence-corrected chi connectivity index (χ0v) is 17.3. The van der Waals surface area contributed by atoms with Gasteiger partial charge in [0.25, 0.3) is 0 Å². The van der Waals surface area contributed by atoms with Gasteiger partial charge < -0.3 is 10.6 Å². The second-order valence-electron chi connectivity index (χ2n) is 7.41. The monoisotopic (exact) mass is 410 g/mol. The first-order valence-electron chi connectivity index (χ1n) is 9.98. The Bertz CT molecular complexity index is 903. The summed E-state index contributed by atoms with van der Waals surface area (Å²) in [6.45, 7) is 5.02. The molecule has 0 saturated carbocycles. The number of hydrogen-bond donors (Lipinski definition) is 2. The van der Waals surface area contributed by atoms with Crippen molar-refractivity contribution >= 4 is 23.1 Å². The van der Waals surface area contributed by atoms with Gasteiger partial charge in [-0.2, -0.15) is 5.10 Å². The molecule has 0 radical (unpaired) electrons. The minimum Gasteiger partial charge on any atom is -0.336 e. The second kappa shape index (κ2) is 9.19. The molecule has 4 heterocycles. The molecule has 8 heteroatoms. The third-order valence-electron chi connectivity index (χ3n) is 5.34. The number of carbonyl (C=O) groups excluding carboxylic acids is 1. The molecule has 1 atom stereocenters. The number of carbonyl (C=O) groups is 1. The zero-order valence-electron chi connectivity index (χ0n) is 16.5. The third-order valence-corrected chi connectivity index (χ3v) is 6.32. The summed E-state index contributed by atoms with van der Waals surface area (Å²) in [6.07, 6.45) is 7.58. The molecule has 7 nitrogen and oxygen atoms in total. The highest BCUT2D eigenvalue weighted by Gasteiger charge is 2.25. The lowest BCUT2D eigenvalue weighted by Gasteiger charge is -2.36. The molecular weight excluding hydrogens is 384 g/mol. The number of thiophene rings is 1. The molecule has 1 aliphatic rings. The lowest BCUT2D eigenvalue weighted by atomic mass is 9.97. The van der Waals surface area contributed by atoms with Crippen LogP contribution in [0.5, 0.6) is 0 Å². The molecule has 0 bridgehead atoms. The Morgan fingerprint density at radius 3 is 2.83 bits per heavy atom. The molecule has 3 aromatic rings. The van der Waals surface area contributed by atoms with Gasteiger partial charge in [0.15, 0.2) is 5.82 Å². The molecule has 1 saturated heterocycles. The SMILES string of the molecule is CC1CCN([C@@H](CNC(=O)Nc2cccnc2-n2cccn2)c2cccs2)CC1. The highest BCUT2D eigenvalue weighted by atomic mass is 32.1. The normalized spacial score (nSPS) is 16.4. The van der Waals surface area contributed by atoms with E-state index in [1.165, 1.54) is 17.7 Å². The molecule has 0 spiro atoms. The molecule has 29 heavy (non-hydrogen) atoms. The molecule has 0 aliphatic carbocycles. The minimum atomic E-state index is -0.238. The Kier molecular flexibility index (Phi) is 6.21. The summed E-state index contributed by atoms with van der Waals surface area (Å²) in [7, 11) is 0. The number of nitrogens with zero attached hydrogens (tertiary/aromatic N) is 4. The van der Waals surface area contributed by atoms with Crippen LogP contribution in [0.15, 0.2) is 54.3 Å². The summed E-state index contributed by atoms with van der Waals surface area (Å²) in [4.78, 5) is 20.8. The highest BCUT2D eigenvalue weighted by molar-refractivity contribution is 7.10. The summed E-state index contributed by atoms with van der Waals surface area (Å²) < 4.78 is 1.64. The van der Waals surface area contributed by atoms with Crippen molar-refractivity contribution < 1.29 is 4.79 Å². The first kappa shape index (κ1) is 19.6. The average molecular weight is 411 g/mol. The topological polar surface area (TPSA) is 75.1 Å². The molecule has 4 rings (SSSR count). The van der Waals surface area contributed by atoms with Gasteiger partial charge in [0.1, 0.15) is 0 Å². The van der Waals surface area contributed by atoms with E-state index in [0.29, 0.717) is 18.1 Å². The maximum absolute atomic E-state index is 12.6. The fourth-order valence-corrected chi connectivity index (χ4v) is 4.52. The Hall–Kier alpha value is -2.71. The van der Waals surface area contributed by atoms with Gasteiger partial charge in [-0.05, 0) is 61.5 Å². The van der Waals surface area contributed by atoms with Crippen molar-refractivity contribution in [1.29, 1.82) is 0 Å². The summed E-state index contributed by atoms with van der Waals surface area (Å²) in [5.41, 5.74) is 0.619. The molecule has 0 unspecified atom stereocenters. The van der Waals surface area contributed by atoms with E-state index in [4.69, 9.17) is 0 Å². The Morgan fingerprint density at radius 1 is 1.24 bits per heavy atom. The van der Waals surface area contributed by atoms with Crippen molar-refractivity contribution in [1.82, 2.24) is 25.0 Å². The number of urea groups is 1. The van der Waals surface area contributed by atoms with Crippen molar-refractivity contribution in [2.24, 2.45) is 5.92 Å². The van der Waals surface area contributed by atoms with Crippen LogP contribution in [-0.4, -0.2) is 45.3 Å². The van der Waals surface area contributed by atoms with Crippen molar-refractivity contribution in [3.05, 3.63) is 59.2 Å². The summed E-state index contributed by atoms with van der Waals surface area (Å²) in [5.74, 6) is 1.37. The Morgan fingerprint density at radius 2 is 2.10 bits per heavy atom. The van der Waals surface area contributed by atoms with Gasteiger partial charge in [0, 0.05) is 30.0 Å². The van der Waals surface area contributed by atoms with Gasteiger partial charge in [-0.25, -0.2) is 14.5 Å². The van der Waals surface area contributed by atoms with Crippen LogP contribution in [0.1, 0.15) is 30.7 Å². The van der Waals surface area contributed by atoms with Crippen LogP contribution >= 0.6 is 11.3 Å². The molecule has 3 aromatic heterocycles. The third kappa shape index (κ3) is 4.83. The quantitative estimate of drug-likeness (QED) is 0.646. The fraction of sp³-hybridized carbons (Fsp3) is 0.381. The van der Waals surface area contributed by atoms with Crippen LogP contribution in [-0.2, 0) is 0 Å². The van der Waals surface area contributed by atoms with Crippen molar-refractivity contribution in [3.8, 4) is 5.82 Å². The van der Waals surface area contributed by atoms with E-state index in [1.807, 2.05) is 12.1 Å².